The van der Waals surface area contributed by atoms with E-state index in [9.17, 15) is 0 Å². The number of hydrogen-bond acceptors (Lipinski definition) is 3. The molecule has 0 bridgehead atoms. The minimum atomic E-state index is 0.587. The molecular formula is C13H17N3S. The van der Waals surface area contributed by atoms with Crippen molar-refractivity contribution in [3.63, 3.8) is 0 Å². The molecule has 3 rings (SSSR count). The summed E-state index contributed by atoms with van der Waals surface area (Å²) in [4.78, 5) is 4.33. The summed E-state index contributed by atoms with van der Waals surface area (Å²) in [5.74, 6) is 0. The molecule has 2 aromatic heterocycles. The zero-order valence-corrected chi connectivity index (χ0v) is 10.8. The van der Waals surface area contributed by atoms with E-state index in [0.717, 1.165) is 6.54 Å². The Morgan fingerprint density at radius 3 is 3.24 bits per heavy atom. The summed E-state index contributed by atoms with van der Waals surface area (Å²) >= 11 is 1.74. The summed E-state index contributed by atoms with van der Waals surface area (Å²) in [5.41, 5.74) is 2.55. The third kappa shape index (κ3) is 2.15. The third-order valence-corrected chi connectivity index (χ3v) is 4.16. The Labute approximate surface area is 106 Å². The van der Waals surface area contributed by atoms with Crippen LogP contribution in [0.15, 0.2) is 29.4 Å². The van der Waals surface area contributed by atoms with Gasteiger partial charge in [0, 0.05) is 23.0 Å². The van der Waals surface area contributed by atoms with E-state index in [0.29, 0.717) is 12.1 Å². The lowest BCUT2D eigenvalue weighted by molar-refractivity contribution is 0.315. The van der Waals surface area contributed by atoms with Crippen LogP contribution in [0.5, 0.6) is 0 Å². The predicted molar refractivity (Wildman–Crippen MR) is 71.3 cm³/mol. The van der Waals surface area contributed by atoms with E-state index in [2.05, 4.69) is 38.6 Å². The highest BCUT2D eigenvalue weighted by Crippen LogP contribution is 2.29. The molecule has 90 valence electrons. The summed E-state index contributed by atoms with van der Waals surface area (Å²) in [7, 11) is 0. The standard InChI is InChI=1S/C13H17N3S/c1-10-6-12(2-4-15-10)16-9-14-7-13(16)11-3-5-17-8-11/h3,5,7-10,12,15H,2,4,6H2,1H3. The van der Waals surface area contributed by atoms with E-state index >= 15 is 0 Å². The number of rotatable bonds is 2. The Morgan fingerprint density at radius 1 is 1.53 bits per heavy atom. The van der Waals surface area contributed by atoms with Crippen molar-refractivity contribution in [2.75, 3.05) is 6.54 Å². The van der Waals surface area contributed by atoms with Crippen LogP contribution in [-0.4, -0.2) is 22.1 Å². The average molecular weight is 247 g/mol. The van der Waals surface area contributed by atoms with E-state index in [1.54, 1.807) is 11.3 Å². The highest BCUT2D eigenvalue weighted by Gasteiger charge is 2.21. The van der Waals surface area contributed by atoms with Crippen LogP contribution >= 0.6 is 11.3 Å². The van der Waals surface area contributed by atoms with Gasteiger partial charge in [0.15, 0.2) is 0 Å². The van der Waals surface area contributed by atoms with Crippen LogP contribution in [0.1, 0.15) is 25.8 Å². The summed E-state index contributed by atoms with van der Waals surface area (Å²) in [6.07, 6.45) is 6.34. The quantitative estimate of drug-likeness (QED) is 0.884. The first-order valence-electron chi connectivity index (χ1n) is 6.12. The topological polar surface area (TPSA) is 29.9 Å². The molecule has 0 radical (unpaired) electrons. The van der Waals surface area contributed by atoms with Gasteiger partial charge in [-0.3, -0.25) is 0 Å². The lowest BCUT2D eigenvalue weighted by atomic mass is 10.00. The molecule has 0 amide bonds. The first-order valence-corrected chi connectivity index (χ1v) is 7.06. The molecule has 2 unspecified atom stereocenters. The van der Waals surface area contributed by atoms with Crippen molar-refractivity contribution in [1.29, 1.82) is 0 Å². The van der Waals surface area contributed by atoms with Crippen molar-refractivity contribution in [2.45, 2.75) is 31.8 Å². The molecule has 1 fully saturated rings. The molecule has 17 heavy (non-hydrogen) atoms. The number of hydrogen-bond donors (Lipinski definition) is 1. The van der Waals surface area contributed by atoms with Crippen LogP contribution < -0.4 is 5.32 Å². The Hall–Kier alpha value is -1.13. The highest BCUT2D eigenvalue weighted by atomic mass is 32.1. The number of piperidine rings is 1. The van der Waals surface area contributed by atoms with Gasteiger partial charge in [-0.25, -0.2) is 4.98 Å². The van der Waals surface area contributed by atoms with Crippen molar-refractivity contribution in [2.24, 2.45) is 0 Å². The summed E-state index contributed by atoms with van der Waals surface area (Å²) < 4.78 is 2.35. The third-order valence-electron chi connectivity index (χ3n) is 3.47. The molecule has 1 aliphatic rings. The largest absolute Gasteiger partial charge is 0.327 e. The van der Waals surface area contributed by atoms with Crippen molar-refractivity contribution < 1.29 is 0 Å². The van der Waals surface area contributed by atoms with E-state index in [4.69, 9.17) is 0 Å². The molecule has 1 N–H and O–H groups in total. The van der Waals surface area contributed by atoms with Gasteiger partial charge in [-0.1, -0.05) is 0 Å². The zero-order valence-electron chi connectivity index (χ0n) is 9.97. The van der Waals surface area contributed by atoms with Crippen LogP contribution in [0.4, 0.5) is 0 Å². The highest BCUT2D eigenvalue weighted by molar-refractivity contribution is 7.08. The lowest BCUT2D eigenvalue weighted by Crippen LogP contribution is -2.36. The van der Waals surface area contributed by atoms with Crippen molar-refractivity contribution in [3.8, 4) is 11.3 Å². The van der Waals surface area contributed by atoms with Gasteiger partial charge in [0.05, 0.1) is 18.2 Å². The van der Waals surface area contributed by atoms with E-state index in [1.165, 1.54) is 24.1 Å². The fourth-order valence-electron chi connectivity index (χ4n) is 2.59. The van der Waals surface area contributed by atoms with Crippen LogP contribution in [0.25, 0.3) is 11.3 Å². The first kappa shape index (κ1) is 11.0. The molecule has 0 aromatic carbocycles. The van der Waals surface area contributed by atoms with Crippen molar-refractivity contribution in [3.05, 3.63) is 29.4 Å². The molecule has 0 spiro atoms. The van der Waals surface area contributed by atoms with Crippen molar-refractivity contribution >= 4 is 11.3 Å². The molecule has 1 saturated heterocycles. The number of thiophene rings is 1. The second-order valence-corrected chi connectivity index (χ2v) is 5.51. The smallest absolute Gasteiger partial charge is 0.0953 e. The van der Waals surface area contributed by atoms with E-state index in [1.807, 2.05) is 12.5 Å². The fraction of sp³-hybridized carbons (Fsp3) is 0.462. The Morgan fingerprint density at radius 2 is 2.47 bits per heavy atom. The molecule has 3 nitrogen and oxygen atoms in total. The molecule has 4 heteroatoms. The van der Waals surface area contributed by atoms with Gasteiger partial charge in [-0.05, 0) is 37.8 Å². The predicted octanol–water partition coefficient (Wildman–Crippen LogP) is 2.92. The maximum absolute atomic E-state index is 4.33. The number of imidazole rings is 1. The molecule has 2 atom stereocenters. The van der Waals surface area contributed by atoms with Gasteiger partial charge < -0.3 is 9.88 Å². The molecule has 1 aliphatic heterocycles. The van der Waals surface area contributed by atoms with E-state index in [-0.39, 0.29) is 0 Å². The minimum Gasteiger partial charge on any atom is -0.327 e. The number of aromatic nitrogens is 2. The number of nitrogens with zero attached hydrogens (tertiary/aromatic N) is 2. The molecule has 0 aliphatic carbocycles. The van der Waals surface area contributed by atoms with Gasteiger partial charge in [0.1, 0.15) is 0 Å². The van der Waals surface area contributed by atoms with Gasteiger partial charge in [0.2, 0.25) is 0 Å². The average Bonchev–Trinajstić information content (AvgIpc) is 3.00. The van der Waals surface area contributed by atoms with Gasteiger partial charge >= 0.3 is 0 Å². The van der Waals surface area contributed by atoms with Crippen LogP contribution in [0.2, 0.25) is 0 Å². The van der Waals surface area contributed by atoms with Crippen LogP contribution in [0.3, 0.4) is 0 Å². The Kier molecular flexibility index (Phi) is 2.99. The second-order valence-electron chi connectivity index (χ2n) is 4.73. The molecule has 0 saturated carbocycles. The van der Waals surface area contributed by atoms with Crippen LogP contribution in [-0.2, 0) is 0 Å². The summed E-state index contributed by atoms with van der Waals surface area (Å²) in [5, 5.41) is 7.81. The minimum absolute atomic E-state index is 0.587. The van der Waals surface area contributed by atoms with Gasteiger partial charge in [0.25, 0.3) is 0 Å². The van der Waals surface area contributed by atoms with Gasteiger partial charge in [-0.15, -0.1) is 0 Å². The van der Waals surface area contributed by atoms with Gasteiger partial charge in [-0.2, -0.15) is 11.3 Å². The first-order chi connectivity index (χ1) is 8.34. The monoisotopic (exact) mass is 247 g/mol. The normalized spacial score (nSPS) is 25.0. The molecule has 3 heterocycles. The summed E-state index contributed by atoms with van der Waals surface area (Å²) in [6.45, 7) is 3.36. The van der Waals surface area contributed by atoms with Crippen LogP contribution in [0, 0.1) is 0 Å². The second kappa shape index (κ2) is 4.63. The Balaban J connectivity index is 1.91. The van der Waals surface area contributed by atoms with Crippen molar-refractivity contribution in [1.82, 2.24) is 14.9 Å². The summed E-state index contributed by atoms with van der Waals surface area (Å²) in [6, 6.07) is 3.36. The Bertz CT molecular complexity index is 475. The number of nitrogens with one attached hydrogen (secondary N) is 1. The lowest BCUT2D eigenvalue weighted by Gasteiger charge is -2.30. The zero-order chi connectivity index (χ0) is 11.7. The molecular weight excluding hydrogens is 230 g/mol. The maximum Gasteiger partial charge on any atom is 0.0953 e. The SMILES string of the molecule is CC1CC(n2cncc2-c2ccsc2)CCN1. The maximum atomic E-state index is 4.33. The molecule has 2 aromatic rings. The fourth-order valence-corrected chi connectivity index (χ4v) is 3.24. The van der Waals surface area contributed by atoms with E-state index < -0.39 is 0 Å².